The Bertz CT molecular complexity index is 558. The van der Waals surface area contributed by atoms with Crippen LogP contribution in [-0.2, 0) is 4.79 Å². The number of carbonyl (C=O) groups excluding carboxylic acids is 1. The van der Waals surface area contributed by atoms with Gasteiger partial charge in [0.1, 0.15) is 11.9 Å². The van der Waals surface area contributed by atoms with Crippen molar-refractivity contribution in [3.63, 3.8) is 0 Å². The molecule has 2 aliphatic rings. The summed E-state index contributed by atoms with van der Waals surface area (Å²) in [4.78, 5) is 16.4. The molecule has 0 aliphatic carbocycles. The number of hydrogen-bond donors (Lipinski definition) is 0. The normalized spacial score (nSPS) is 23.2. The lowest BCUT2D eigenvalue weighted by molar-refractivity contribution is -0.137. The first-order valence-electron chi connectivity index (χ1n) is 8.45. The van der Waals surface area contributed by atoms with Gasteiger partial charge in [0.25, 0.3) is 0 Å². The topological polar surface area (TPSA) is 32.8 Å². The lowest BCUT2D eigenvalue weighted by Crippen LogP contribution is -2.56. The van der Waals surface area contributed by atoms with Gasteiger partial charge in [-0.05, 0) is 44.4 Å². The second-order valence-electron chi connectivity index (χ2n) is 6.96. The highest BCUT2D eigenvalue weighted by Gasteiger charge is 2.33. The molecule has 0 N–H and O–H groups in total. The van der Waals surface area contributed by atoms with Crippen LogP contribution in [0.2, 0.25) is 5.02 Å². The van der Waals surface area contributed by atoms with Gasteiger partial charge in [-0.15, -0.1) is 0 Å². The molecule has 2 aliphatic heterocycles. The molecule has 3 rings (SSSR count). The summed E-state index contributed by atoms with van der Waals surface area (Å²) in [7, 11) is 0. The van der Waals surface area contributed by atoms with E-state index >= 15 is 0 Å². The van der Waals surface area contributed by atoms with Crippen molar-refractivity contribution >= 4 is 17.5 Å². The quantitative estimate of drug-likeness (QED) is 0.828. The minimum atomic E-state index is 0.250. The van der Waals surface area contributed by atoms with Gasteiger partial charge < -0.3 is 9.64 Å². The molecule has 0 aromatic heterocycles. The number of benzene rings is 1. The van der Waals surface area contributed by atoms with Crippen LogP contribution in [0, 0.1) is 5.92 Å². The maximum absolute atomic E-state index is 11.9. The van der Waals surface area contributed by atoms with Crippen LogP contribution in [0.4, 0.5) is 0 Å². The van der Waals surface area contributed by atoms with Crippen LogP contribution in [0.3, 0.4) is 0 Å². The molecule has 2 heterocycles. The van der Waals surface area contributed by atoms with E-state index in [2.05, 4.69) is 18.7 Å². The van der Waals surface area contributed by atoms with Crippen molar-refractivity contribution in [1.82, 2.24) is 9.80 Å². The minimum Gasteiger partial charge on any atom is -0.488 e. The average Bonchev–Trinajstić information content (AvgIpc) is 2.46. The fraction of sp³-hybridized carbons (Fsp3) is 0.611. The number of likely N-dealkylation sites (tertiary alicyclic amines) is 2. The summed E-state index contributed by atoms with van der Waals surface area (Å²) < 4.78 is 5.94. The number of halogens is 1. The van der Waals surface area contributed by atoms with Crippen molar-refractivity contribution in [3.8, 4) is 5.75 Å². The summed E-state index contributed by atoms with van der Waals surface area (Å²) in [5, 5.41) is 0.708. The second kappa shape index (κ2) is 7.10. The molecule has 4 nitrogen and oxygen atoms in total. The molecule has 2 fully saturated rings. The third-order valence-electron chi connectivity index (χ3n) is 4.70. The number of ether oxygens (including phenoxy) is 1. The van der Waals surface area contributed by atoms with E-state index in [1.165, 1.54) is 0 Å². The van der Waals surface area contributed by atoms with Gasteiger partial charge in [-0.2, -0.15) is 0 Å². The number of piperidine rings is 1. The average molecular weight is 337 g/mol. The number of amides is 1. The molecule has 2 saturated heterocycles. The Morgan fingerprint density at radius 1 is 1.30 bits per heavy atom. The van der Waals surface area contributed by atoms with Gasteiger partial charge in [-0.1, -0.05) is 17.7 Å². The first-order valence-corrected chi connectivity index (χ1v) is 8.83. The molecule has 1 atom stereocenters. The fourth-order valence-corrected chi connectivity index (χ4v) is 3.61. The lowest BCUT2D eigenvalue weighted by Gasteiger charge is -2.43. The van der Waals surface area contributed by atoms with E-state index < -0.39 is 0 Å². The van der Waals surface area contributed by atoms with Crippen LogP contribution in [-0.4, -0.2) is 54.0 Å². The van der Waals surface area contributed by atoms with Crippen molar-refractivity contribution in [1.29, 1.82) is 0 Å². The molecular weight excluding hydrogens is 312 g/mol. The highest BCUT2D eigenvalue weighted by Crippen LogP contribution is 2.25. The summed E-state index contributed by atoms with van der Waals surface area (Å²) in [5.74, 6) is 1.74. The Morgan fingerprint density at radius 2 is 2.09 bits per heavy atom. The zero-order valence-corrected chi connectivity index (χ0v) is 14.6. The molecule has 0 bridgehead atoms. The van der Waals surface area contributed by atoms with Crippen molar-refractivity contribution in [2.45, 2.75) is 38.8 Å². The molecule has 1 unspecified atom stereocenters. The standard InChI is InChI=1S/C18H25ClN2O2/c1-13(2)21-10-14(6-7-18(21)22)9-20-11-17(12-20)23-16-5-3-4-15(19)8-16/h3-5,8,13-14,17H,6-7,9-12H2,1-2H3. The van der Waals surface area contributed by atoms with Crippen LogP contribution >= 0.6 is 11.6 Å². The first-order chi connectivity index (χ1) is 11.0. The molecule has 0 spiro atoms. The van der Waals surface area contributed by atoms with Crippen LogP contribution in [0.1, 0.15) is 26.7 Å². The monoisotopic (exact) mass is 336 g/mol. The van der Waals surface area contributed by atoms with Crippen molar-refractivity contribution in [3.05, 3.63) is 29.3 Å². The third-order valence-corrected chi connectivity index (χ3v) is 4.94. The minimum absolute atomic E-state index is 0.250. The maximum Gasteiger partial charge on any atom is 0.222 e. The molecule has 126 valence electrons. The Hall–Kier alpha value is -1.26. The second-order valence-corrected chi connectivity index (χ2v) is 7.40. The number of rotatable bonds is 5. The maximum atomic E-state index is 11.9. The van der Waals surface area contributed by atoms with Gasteiger partial charge in [-0.3, -0.25) is 9.69 Å². The lowest BCUT2D eigenvalue weighted by atomic mass is 9.94. The SMILES string of the molecule is CC(C)N1CC(CN2CC(Oc3cccc(Cl)c3)C2)CCC1=O. The summed E-state index contributed by atoms with van der Waals surface area (Å²) in [6.07, 6.45) is 1.96. The van der Waals surface area contributed by atoms with Gasteiger partial charge >= 0.3 is 0 Å². The van der Waals surface area contributed by atoms with E-state index in [4.69, 9.17) is 16.3 Å². The molecule has 1 aromatic carbocycles. The Labute approximate surface area is 143 Å². The Morgan fingerprint density at radius 3 is 2.78 bits per heavy atom. The summed E-state index contributed by atoms with van der Waals surface area (Å²) in [5.41, 5.74) is 0. The Kier molecular flexibility index (Phi) is 5.12. The van der Waals surface area contributed by atoms with Crippen molar-refractivity contribution in [2.75, 3.05) is 26.2 Å². The van der Waals surface area contributed by atoms with Crippen LogP contribution in [0.5, 0.6) is 5.75 Å². The third kappa shape index (κ3) is 4.18. The molecule has 0 radical (unpaired) electrons. The number of carbonyl (C=O) groups is 1. The molecular formula is C18H25ClN2O2. The van der Waals surface area contributed by atoms with E-state index in [0.29, 0.717) is 29.3 Å². The van der Waals surface area contributed by atoms with Gasteiger partial charge in [-0.25, -0.2) is 0 Å². The zero-order valence-electron chi connectivity index (χ0n) is 13.9. The summed E-state index contributed by atoms with van der Waals surface area (Å²) in [6, 6.07) is 7.87. The van der Waals surface area contributed by atoms with E-state index in [1.54, 1.807) is 0 Å². The zero-order chi connectivity index (χ0) is 16.4. The number of nitrogens with zero attached hydrogens (tertiary/aromatic N) is 2. The smallest absolute Gasteiger partial charge is 0.222 e. The summed E-state index contributed by atoms with van der Waals surface area (Å²) in [6.45, 7) is 8.06. The van der Waals surface area contributed by atoms with Crippen molar-refractivity contribution in [2.24, 2.45) is 5.92 Å². The van der Waals surface area contributed by atoms with Crippen LogP contribution < -0.4 is 4.74 Å². The molecule has 1 aromatic rings. The van der Waals surface area contributed by atoms with E-state index in [-0.39, 0.29) is 6.10 Å². The van der Waals surface area contributed by atoms with Crippen LogP contribution in [0.15, 0.2) is 24.3 Å². The Balaban J connectivity index is 1.43. The largest absolute Gasteiger partial charge is 0.488 e. The molecule has 5 heteroatoms. The van der Waals surface area contributed by atoms with Gasteiger partial charge in [0.05, 0.1) is 0 Å². The van der Waals surface area contributed by atoms with E-state index in [9.17, 15) is 4.79 Å². The first kappa shape index (κ1) is 16.6. The highest BCUT2D eigenvalue weighted by molar-refractivity contribution is 6.30. The fourth-order valence-electron chi connectivity index (χ4n) is 3.43. The van der Waals surface area contributed by atoms with Gasteiger partial charge in [0.2, 0.25) is 5.91 Å². The van der Waals surface area contributed by atoms with E-state index in [0.717, 1.165) is 38.3 Å². The van der Waals surface area contributed by atoms with Gasteiger partial charge in [0.15, 0.2) is 0 Å². The highest BCUT2D eigenvalue weighted by atomic mass is 35.5. The number of hydrogen-bond acceptors (Lipinski definition) is 3. The van der Waals surface area contributed by atoms with Gasteiger partial charge in [0, 0.05) is 43.7 Å². The van der Waals surface area contributed by atoms with Crippen molar-refractivity contribution < 1.29 is 9.53 Å². The molecule has 1 amide bonds. The molecule has 0 saturated carbocycles. The van der Waals surface area contributed by atoms with E-state index in [1.807, 2.05) is 29.2 Å². The summed E-state index contributed by atoms with van der Waals surface area (Å²) >= 11 is 5.98. The molecule has 23 heavy (non-hydrogen) atoms. The van der Waals surface area contributed by atoms with Crippen LogP contribution in [0.25, 0.3) is 0 Å². The predicted molar refractivity (Wildman–Crippen MR) is 91.9 cm³/mol. The predicted octanol–water partition coefficient (Wildman–Crippen LogP) is 3.05.